The molecule has 2 aromatic rings. The Morgan fingerprint density at radius 2 is 1.68 bits per heavy atom. The number of hydrogen-bond donors (Lipinski definition) is 1. The van der Waals surface area contributed by atoms with Crippen LogP contribution in [0.3, 0.4) is 0 Å². The van der Waals surface area contributed by atoms with Crippen LogP contribution in [0.1, 0.15) is 37.4 Å². The minimum atomic E-state index is -3.85. The van der Waals surface area contributed by atoms with Gasteiger partial charge >= 0.3 is 0 Å². The zero-order valence-corrected chi connectivity index (χ0v) is 18.4. The number of sulfonamides is 1. The van der Waals surface area contributed by atoms with Gasteiger partial charge in [0.2, 0.25) is 15.9 Å². The normalized spacial score (nSPS) is 12.6. The highest BCUT2D eigenvalue weighted by Gasteiger charge is 2.26. The van der Waals surface area contributed by atoms with Crippen molar-refractivity contribution in [2.75, 3.05) is 13.1 Å². The summed E-state index contributed by atoms with van der Waals surface area (Å²) in [4.78, 5) is 14.4. The summed E-state index contributed by atoms with van der Waals surface area (Å²) in [6.07, 6.45) is -0.0475. The lowest BCUT2D eigenvalue weighted by Crippen LogP contribution is -2.36. The second kappa shape index (κ2) is 9.74. The third-order valence-electron chi connectivity index (χ3n) is 4.46. The molecule has 0 aromatic heterocycles. The van der Waals surface area contributed by atoms with Crippen molar-refractivity contribution in [1.82, 2.24) is 9.62 Å². The number of hydrogen-bond acceptors (Lipinski definition) is 3. The first kappa shape index (κ1) is 22.7. The summed E-state index contributed by atoms with van der Waals surface area (Å²) in [7, 11) is -3.85. The first-order chi connectivity index (χ1) is 13.2. The minimum Gasteiger partial charge on any atom is -0.343 e. The predicted octanol–water partition coefficient (Wildman–Crippen LogP) is 4.58. The Kier molecular flexibility index (Phi) is 7.89. The third kappa shape index (κ3) is 5.70. The van der Waals surface area contributed by atoms with E-state index in [-0.39, 0.29) is 17.2 Å². The van der Waals surface area contributed by atoms with Gasteiger partial charge in [-0.3, -0.25) is 4.79 Å². The van der Waals surface area contributed by atoms with Gasteiger partial charge in [-0.2, -0.15) is 0 Å². The topological polar surface area (TPSA) is 66.5 Å². The van der Waals surface area contributed by atoms with Gasteiger partial charge in [-0.25, -0.2) is 13.1 Å². The number of nitrogens with one attached hydrogen (secondary N) is 1. The molecular weight excluding hydrogens is 419 g/mol. The quantitative estimate of drug-likeness (QED) is 0.650. The molecule has 2 rings (SSSR count). The molecule has 0 spiro atoms. The van der Waals surface area contributed by atoms with Crippen molar-refractivity contribution in [1.29, 1.82) is 0 Å². The second-order valence-electron chi connectivity index (χ2n) is 6.42. The Morgan fingerprint density at radius 3 is 2.21 bits per heavy atom. The fourth-order valence-corrected chi connectivity index (χ4v) is 4.61. The van der Waals surface area contributed by atoms with Crippen molar-refractivity contribution in [3.05, 3.63) is 63.6 Å². The van der Waals surface area contributed by atoms with E-state index in [0.717, 1.165) is 5.56 Å². The van der Waals surface area contributed by atoms with E-state index < -0.39 is 16.1 Å². The molecule has 0 aliphatic carbocycles. The van der Waals surface area contributed by atoms with E-state index in [1.165, 1.54) is 18.2 Å². The van der Waals surface area contributed by atoms with E-state index in [9.17, 15) is 13.2 Å². The van der Waals surface area contributed by atoms with Crippen LogP contribution in [0.2, 0.25) is 10.0 Å². The zero-order valence-electron chi connectivity index (χ0n) is 16.1. The molecule has 5 nitrogen and oxygen atoms in total. The van der Waals surface area contributed by atoms with Crippen molar-refractivity contribution >= 4 is 39.1 Å². The molecule has 2 aromatic carbocycles. The van der Waals surface area contributed by atoms with Crippen LogP contribution in [0.25, 0.3) is 0 Å². The van der Waals surface area contributed by atoms with Gasteiger partial charge in [0, 0.05) is 29.6 Å². The van der Waals surface area contributed by atoms with Crippen LogP contribution in [-0.4, -0.2) is 32.3 Å². The molecule has 0 fully saturated rings. The molecule has 8 heteroatoms. The molecule has 0 saturated heterocycles. The van der Waals surface area contributed by atoms with Gasteiger partial charge in [0.15, 0.2) is 0 Å². The number of nitrogens with zero attached hydrogens (tertiary/aromatic N) is 1. The first-order valence-corrected chi connectivity index (χ1v) is 11.2. The van der Waals surface area contributed by atoms with Gasteiger partial charge in [-0.1, -0.05) is 47.0 Å². The van der Waals surface area contributed by atoms with Gasteiger partial charge in [0.25, 0.3) is 0 Å². The van der Waals surface area contributed by atoms with Gasteiger partial charge in [-0.15, -0.1) is 0 Å². The molecule has 0 radical (unpaired) electrons. The molecule has 0 aliphatic heterocycles. The fourth-order valence-electron chi connectivity index (χ4n) is 2.85. The SMILES string of the molecule is CCN(CC)C(=O)C[C@@H](NS(=O)(=O)c1ccc(C)cc1)c1ccc(Cl)cc1Cl. The van der Waals surface area contributed by atoms with Crippen molar-refractivity contribution in [3.8, 4) is 0 Å². The van der Waals surface area contributed by atoms with Gasteiger partial charge in [0.1, 0.15) is 0 Å². The lowest BCUT2D eigenvalue weighted by atomic mass is 10.0. The number of halogens is 2. The molecule has 0 aliphatic rings. The maximum Gasteiger partial charge on any atom is 0.241 e. The number of benzene rings is 2. The smallest absolute Gasteiger partial charge is 0.241 e. The van der Waals surface area contributed by atoms with Gasteiger partial charge < -0.3 is 4.90 Å². The second-order valence-corrected chi connectivity index (χ2v) is 8.98. The molecule has 28 heavy (non-hydrogen) atoms. The number of aryl methyl sites for hydroxylation is 1. The molecule has 1 atom stereocenters. The first-order valence-electron chi connectivity index (χ1n) is 8.99. The standard InChI is InChI=1S/C20H24Cl2N2O3S/c1-4-24(5-2)20(25)13-19(17-11-8-15(21)12-18(17)22)23-28(26,27)16-9-6-14(3)7-10-16/h6-12,19,23H,4-5,13H2,1-3H3/t19-/m1/s1. The third-order valence-corrected chi connectivity index (χ3v) is 6.51. The van der Waals surface area contributed by atoms with Crippen LogP contribution >= 0.6 is 23.2 Å². The number of amides is 1. The summed E-state index contributed by atoms with van der Waals surface area (Å²) in [5.41, 5.74) is 1.45. The molecule has 0 saturated carbocycles. The fraction of sp³-hybridized carbons (Fsp3) is 0.350. The largest absolute Gasteiger partial charge is 0.343 e. The highest BCUT2D eigenvalue weighted by Crippen LogP contribution is 2.30. The Hall–Kier alpha value is -1.60. The van der Waals surface area contributed by atoms with E-state index in [2.05, 4.69) is 4.72 Å². The Morgan fingerprint density at radius 1 is 1.07 bits per heavy atom. The molecule has 0 unspecified atom stereocenters. The Labute approximate surface area is 176 Å². The van der Waals surface area contributed by atoms with Crippen LogP contribution < -0.4 is 4.72 Å². The highest BCUT2D eigenvalue weighted by molar-refractivity contribution is 7.89. The summed E-state index contributed by atoms with van der Waals surface area (Å²) < 4.78 is 28.4. The van der Waals surface area contributed by atoms with Crippen LogP contribution in [0.15, 0.2) is 47.4 Å². The van der Waals surface area contributed by atoms with Crippen molar-refractivity contribution in [2.24, 2.45) is 0 Å². The lowest BCUT2D eigenvalue weighted by molar-refractivity contribution is -0.131. The molecule has 1 amide bonds. The zero-order chi connectivity index (χ0) is 20.9. The molecule has 1 N–H and O–H groups in total. The van der Waals surface area contributed by atoms with Crippen molar-refractivity contribution in [3.63, 3.8) is 0 Å². The molecular formula is C20H24Cl2N2O3S. The maximum absolute atomic E-state index is 12.9. The van der Waals surface area contributed by atoms with E-state index in [4.69, 9.17) is 23.2 Å². The van der Waals surface area contributed by atoms with Crippen LogP contribution in [-0.2, 0) is 14.8 Å². The number of rotatable bonds is 8. The van der Waals surface area contributed by atoms with Crippen LogP contribution in [0.4, 0.5) is 0 Å². The number of carbonyl (C=O) groups excluding carboxylic acids is 1. The summed E-state index contributed by atoms with van der Waals surface area (Å²) in [6, 6.07) is 10.5. The molecule has 0 bridgehead atoms. The van der Waals surface area contributed by atoms with Crippen molar-refractivity contribution in [2.45, 2.75) is 38.1 Å². The molecule has 0 heterocycles. The van der Waals surface area contributed by atoms with Crippen LogP contribution in [0.5, 0.6) is 0 Å². The average molecular weight is 443 g/mol. The molecule has 152 valence electrons. The summed E-state index contributed by atoms with van der Waals surface area (Å²) >= 11 is 12.3. The van der Waals surface area contributed by atoms with Crippen LogP contribution in [0, 0.1) is 6.92 Å². The van der Waals surface area contributed by atoms with Crippen molar-refractivity contribution < 1.29 is 13.2 Å². The summed E-state index contributed by atoms with van der Waals surface area (Å²) in [5.74, 6) is -0.160. The van der Waals surface area contributed by atoms with E-state index in [1.807, 2.05) is 20.8 Å². The average Bonchev–Trinajstić information content (AvgIpc) is 2.62. The number of carbonyl (C=O) groups is 1. The minimum absolute atomic E-state index is 0.0475. The summed E-state index contributed by atoms with van der Waals surface area (Å²) in [6.45, 7) is 6.72. The van der Waals surface area contributed by atoms with E-state index in [0.29, 0.717) is 28.7 Å². The monoisotopic (exact) mass is 442 g/mol. The maximum atomic E-state index is 12.9. The van der Waals surface area contributed by atoms with Gasteiger partial charge in [-0.05, 0) is 50.6 Å². The summed E-state index contributed by atoms with van der Waals surface area (Å²) in [5, 5.41) is 0.736. The highest BCUT2D eigenvalue weighted by atomic mass is 35.5. The Balaban J connectivity index is 2.40. The van der Waals surface area contributed by atoms with E-state index >= 15 is 0 Å². The predicted molar refractivity (Wildman–Crippen MR) is 113 cm³/mol. The Bertz CT molecular complexity index is 927. The lowest BCUT2D eigenvalue weighted by Gasteiger charge is -2.24. The van der Waals surface area contributed by atoms with Gasteiger partial charge in [0.05, 0.1) is 10.9 Å². The van der Waals surface area contributed by atoms with E-state index in [1.54, 1.807) is 29.2 Å².